The molecule has 0 saturated carbocycles. The average Bonchev–Trinajstić information content (AvgIpc) is 2.68. The van der Waals surface area contributed by atoms with Crippen molar-refractivity contribution in [3.8, 4) is 5.75 Å². The quantitative estimate of drug-likeness (QED) is 0.870. The maximum atomic E-state index is 5.81. The molecule has 1 fully saturated rings. The fourth-order valence-corrected chi connectivity index (χ4v) is 2.79. The second kappa shape index (κ2) is 6.37. The zero-order valence-corrected chi connectivity index (χ0v) is 11.5. The third-order valence-electron chi connectivity index (χ3n) is 3.97. The van der Waals surface area contributed by atoms with E-state index in [1.165, 1.54) is 25.2 Å². The predicted octanol–water partition coefficient (Wildman–Crippen LogP) is 0.786. The van der Waals surface area contributed by atoms with Gasteiger partial charge in [0.2, 0.25) is 0 Å². The molecule has 1 N–H and O–H groups in total. The number of hydrogen-bond acceptors (Lipinski definition) is 4. The van der Waals surface area contributed by atoms with Crippen molar-refractivity contribution in [2.45, 2.75) is 6.54 Å². The van der Waals surface area contributed by atoms with Crippen LogP contribution in [-0.4, -0.2) is 62.2 Å². The van der Waals surface area contributed by atoms with Gasteiger partial charge >= 0.3 is 0 Å². The number of nitrogens with one attached hydrogen (secondary N) is 1. The van der Waals surface area contributed by atoms with Crippen LogP contribution in [0, 0.1) is 0 Å². The minimum absolute atomic E-state index is 0.804. The van der Waals surface area contributed by atoms with Crippen molar-refractivity contribution in [3.05, 3.63) is 29.8 Å². The van der Waals surface area contributed by atoms with Gasteiger partial charge in [0.1, 0.15) is 12.4 Å². The van der Waals surface area contributed by atoms with Crippen LogP contribution in [0.2, 0.25) is 0 Å². The Morgan fingerprint density at radius 1 is 1.00 bits per heavy atom. The van der Waals surface area contributed by atoms with Crippen LogP contribution in [0.15, 0.2) is 24.3 Å². The number of rotatable bonds is 3. The molecule has 0 atom stereocenters. The number of fused-ring (bicyclic) bond motifs is 1. The highest BCUT2D eigenvalue weighted by molar-refractivity contribution is 5.33. The molecule has 0 spiro atoms. The lowest BCUT2D eigenvalue weighted by Gasteiger charge is -2.29. The van der Waals surface area contributed by atoms with Gasteiger partial charge in [-0.1, -0.05) is 18.2 Å². The highest BCUT2D eigenvalue weighted by Gasteiger charge is 2.16. The largest absolute Gasteiger partial charge is 0.492 e. The Morgan fingerprint density at radius 3 is 2.68 bits per heavy atom. The Hall–Kier alpha value is -1.10. The SMILES string of the molecule is c1ccc2c(c1)CN(CCN1CCNCC1)CCO2. The molecule has 1 aromatic rings. The highest BCUT2D eigenvalue weighted by Crippen LogP contribution is 2.22. The second-order valence-corrected chi connectivity index (χ2v) is 5.32. The van der Waals surface area contributed by atoms with Crippen molar-refractivity contribution in [3.63, 3.8) is 0 Å². The van der Waals surface area contributed by atoms with Crippen LogP contribution < -0.4 is 10.1 Å². The first-order valence-electron chi connectivity index (χ1n) is 7.28. The molecule has 2 heterocycles. The molecule has 0 aliphatic carbocycles. The lowest BCUT2D eigenvalue weighted by molar-refractivity contribution is 0.174. The fourth-order valence-electron chi connectivity index (χ4n) is 2.79. The molecule has 2 aliphatic heterocycles. The van der Waals surface area contributed by atoms with Gasteiger partial charge in [0.05, 0.1) is 0 Å². The summed E-state index contributed by atoms with van der Waals surface area (Å²) in [5, 5.41) is 3.40. The lowest BCUT2D eigenvalue weighted by Crippen LogP contribution is -2.46. The zero-order valence-electron chi connectivity index (χ0n) is 11.5. The third-order valence-corrected chi connectivity index (χ3v) is 3.97. The van der Waals surface area contributed by atoms with Crippen LogP contribution in [0.4, 0.5) is 0 Å². The maximum absolute atomic E-state index is 5.81. The van der Waals surface area contributed by atoms with Gasteiger partial charge in [0.25, 0.3) is 0 Å². The van der Waals surface area contributed by atoms with Gasteiger partial charge in [0.15, 0.2) is 0 Å². The summed E-state index contributed by atoms with van der Waals surface area (Å²) in [6, 6.07) is 8.41. The molecule has 0 unspecified atom stereocenters. The molecule has 3 rings (SSSR count). The molecule has 0 amide bonds. The van der Waals surface area contributed by atoms with Crippen LogP contribution in [-0.2, 0) is 6.54 Å². The van der Waals surface area contributed by atoms with E-state index in [0.717, 1.165) is 45.1 Å². The average molecular weight is 261 g/mol. The van der Waals surface area contributed by atoms with E-state index in [1.807, 2.05) is 0 Å². The van der Waals surface area contributed by atoms with E-state index in [0.29, 0.717) is 0 Å². The molecule has 4 heteroatoms. The molecular formula is C15H23N3O. The summed E-state index contributed by atoms with van der Waals surface area (Å²) in [7, 11) is 0. The van der Waals surface area contributed by atoms with Crippen molar-refractivity contribution in [2.24, 2.45) is 0 Å². The van der Waals surface area contributed by atoms with Crippen molar-refractivity contribution < 1.29 is 4.74 Å². The van der Waals surface area contributed by atoms with Crippen molar-refractivity contribution in [2.75, 3.05) is 52.4 Å². The summed E-state index contributed by atoms with van der Waals surface area (Å²) in [5.41, 5.74) is 1.32. The summed E-state index contributed by atoms with van der Waals surface area (Å²) in [5.74, 6) is 1.06. The monoisotopic (exact) mass is 261 g/mol. The fraction of sp³-hybridized carbons (Fsp3) is 0.600. The first-order chi connectivity index (χ1) is 9.42. The van der Waals surface area contributed by atoms with Crippen LogP contribution in [0.25, 0.3) is 0 Å². The molecule has 4 nitrogen and oxygen atoms in total. The maximum Gasteiger partial charge on any atom is 0.123 e. The normalized spacial score (nSPS) is 21.5. The van der Waals surface area contributed by atoms with Crippen LogP contribution in [0.5, 0.6) is 5.75 Å². The number of piperazine rings is 1. The summed E-state index contributed by atoms with van der Waals surface area (Å²) >= 11 is 0. The Labute approximate surface area is 115 Å². The minimum atomic E-state index is 0.804. The van der Waals surface area contributed by atoms with Gasteiger partial charge in [-0.2, -0.15) is 0 Å². The van der Waals surface area contributed by atoms with Crippen molar-refractivity contribution >= 4 is 0 Å². The van der Waals surface area contributed by atoms with Gasteiger partial charge in [-0.05, 0) is 6.07 Å². The second-order valence-electron chi connectivity index (χ2n) is 5.32. The molecule has 0 bridgehead atoms. The number of nitrogens with zero attached hydrogens (tertiary/aromatic N) is 2. The van der Waals surface area contributed by atoms with Gasteiger partial charge < -0.3 is 10.1 Å². The Morgan fingerprint density at radius 2 is 1.79 bits per heavy atom. The molecule has 2 aliphatic rings. The Balaban J connectivity index is 1.54. The summed E-state index contributed by atoms with van der Waals surface area (Å²) in [6.45, 7) is 9.78. The topological polar surface area (TPSA) is 27.7 Å². The van der Waals surface area contributed by atoms with E-state index in [1.54, 1.807) is 0 Å². The van der Waals surface area contributed by atoms with E-state index in [-0.39, 0.29) is 0 Å². The van der Waals surface area contributed by atoms with Gasteiger partial charge in [-0.25, -0.2) is 0 Å². The van der Waals surface area contributed by atoms with E-state index < -0.39 is 0 Å². The van der Waals surface area contributed by atoms with Crippen molar-refractivity contribution in [1.82, 2.24) is 15.1 Å². The van der Waals surface area contributed by atoms with Gasteiger partial charge in [-0.3, -0.25) is 9.80 Å². The molecule has 1 aromatic carbocycles. The third kappa shape index (κ3) is 3.47. The zero-order chi connectivity index (χ0) is 12.9. The standard InChI is InChI=1S/C15H23N3O/c1-2-4-15-14(3-1)13-18(11-12-19-15)10-9-17-7-5-16-6-8-17/h1-4,16H,5-13H2. The summed E-state index contributed by atoms with van der Waals surface area (Å²) < 4.78 is 5.81. The number of ether oxygens (including phenoxy) is 1. The Kier molecular flexibility index (Phi) is 4.33. The molecule has 1 saturated heterocycles. The predicted molar refractivity (Wildman–Crippen MR) is 76.5 cm³/mol. The number of hydrogen-bond donors (Lipinski definition) is 1. The molecule has 0 aromatic heterocycles. The van der Waals surface area contributed by atoms with Crippen LogP contribution >= 0.6 is 0 Å². The first-order valence-corrected chi connectivity index (χ1v) is 7.28. The van der Waals surface area contributed by atoms with E-state index in [4.69, 9.17) is 4.74 Å². The van der Waals surface area contributed by atoms with Crippen LogP contribution in [0.1, 0.15) is 5.56 Å². The minimum Gasteiger partial charge on any atom is -0.492 e. The molecular weight excluding hydrogens is 238 g/mol. The molecule has 19 heavy (non-hydrogen) atoms. The lowest BCUT2D eigenvalue weighted by atomic mass is 10.2. The molecule has 0 radical (unpaired) electrons. The van der Waals surface area contributed by atoms with E-state index in [9.17, 15) is 0 Å². The summed E-state index contributed by atoms with van der Waals surface area (Å²) in [4.78, 5) is 5.06. The smallest absolute Gasteiger partial charge is 0.123 e. The number of benzene rings is 1. The molecule has 104 valence electrons. The Bertz CT molecular complexity index is 404. The number of para-hydroxylation sites is 1. The van der Waals surface area contributed by atoms with Gasteiger partial charge in [-0.15, -0.1) is 0 Å². The van der Waals surface area contributed by atoms with Gasteiger partial charge in [0, 0.05) is 57.9 Å². The van der Waals surface area contributed by atoms with Crippen molar-refractivity contribution in [1.29, 1.82) is 0 Å². The van der Waals surface area contributed by atoms with Crippen LogP contribution in [0.3, 0.4) is 0 Å². The highest BCUT2D eigenvalue weighted by atomic mass is 16.5. The van der Waals surface area contributed by atoms with E-state index in [2.05, 4.69) is 39.4 Å². The first kappa shape index (κ1) is 12.9. The summed E-state index contributed by atoms with van der Waals surface area (Å²) in [6.07, 6.45) is 0. The van der Waals surface area contributed by atoms with E-state index >= 15 is 0 Å².